The van der Waals surface area contributed by atoms with Crippen LogP contribution in [0.3, 0.4) is 0 Å². The highest BCUT2D eigenvalue weighted by atomic mass is 32.2. The average Bonchev–Trinajstić information content (AvgIpc) is 3.26. The molecule has 0 bridgehead atoms. The summed E-state index contributed by atoms with van der Waals surface area (Å²) in [5.41, 5.74) is 0.620. The Bertz CT molecular complexity index is 858. The Morgan fingerprint density at radius 3 is 2.96 bits per heavy atom. The van der Waals surface area contributed by atoms with Crippen LogP contribution >= 0.6 is 11.8 Å². The predicted octanol–water partition coefficient (Wildman–Crippen LogP) is 2.55. The van der Waals surface area contributed by atoms with Gasteiger partial charge in [0.2, 0.25) is 11.6 Å². The van der Waals surface area contributed by atoms with E-state index in [0.717, 1.165) is 10.6 Å². The molecule has 0 fully saturated rings. The van der Waals surface area contributed by atoms with E-state index in [2.05, 4.69) is 15.2 Å². The number of benzene rings is 1. The van der Waals surface area contributed by atoms with Gasteiger partial charge in [0, 0.05) is 11.3 Å². The summed E-state index contributed by atoms with van der Waals surface area (Å²) in [6, 6.07) is 9.26. The molecule has 0 saturated heterocycles. The summed E-state index contributed by atoms with van der Waals surface area (Å²) in [7, 11) is 1.60. The number of methoxy groups -OCH3 is 1. The number of aromatic amines is 1. The molecule has 0 aliphatic rings. The zero-order chi connectivity index (χ0) is 16.9. The van der Waals surface area contributed by atoms with Gasteiger partial charge in [-0.1, -0.05) is 17.8 Å². The van der Waals surface area contributed by atoms with Crippen LogP contribution in [0.15, 0.2) is 57.3 Å². The second-order valence-electron chi connectivity index (χ2n) is 4.81. The summed E-state index contributed by atoms with van der Waals surface area (Å²) in [4.78, 5) is 28.4. The zero-order valence-electron chi connectivity index (χ0n) is 12.7. The van der Waals surface area contributed by atoms with Gasteiger partial charge in [-0.3, -0.25) is 14.7 Å². The quantitative estimate of drug-likeness (QED) is 0.520. The van der Waals surface area contributed by atoms with Gasteiger partial charge < -0.3 is 9.15 Å². The predicted molar refractivity (Wildman–Crippen MR) is 85.2 cm³/mol. The van der Waals surface area contributed by atoms with Gasteiger partial charge in [0.05, 0.1) is 13.4 Å². The average molecular weight is 343 g/mol. The van der Waals surface area contributed by atoms with Gasteiger partial charge in [0.15, 0.2) is 5.09 Å². The normalized spacial score (nSPS) is 10.5. The van der Waals surface area contributed by atoms with E-state index in [-0.39, 0.29) is 12.2 Å². The van der Waals surface area contributed by atoms with Gasteiger partial charge in [-0.25, -0.2) is 4.98 Å². The van der Waals surface area contributed by atoms with Gasteiger partial charge in [0.25, 0.3) is 5.78 Å². The number of ketones is 2. The number of hydrogen-bond acceptors (Lipinski definition) is 7. The minimum atomic E-state index is -0.723. The van der Waals surface area contributed by atoms with E-state index in [1.54, 1.807) is 13.2 Å². The standard InChI is InChI=1S/C16H13N3O4S/c1-22-11-3-2-4-12(7-11)24-14-6-10(8-23-14)5-13(20)15(21)16-17-9-18-19-16/h2-4,6-9H,5H2,1H3,(H,17,18,19). The topological polar surface area (TPSA) is 98.1 Å². The number of nitrogens with one attached hydrogen (secondary N) is 1. The molecule has 7 nitrogen and oxygen atoms in total. The molecule has 3 rings (SSSR count). The molecule has 2 aromatic heterocycles. The van der Waals surface area contributed by atoms with Crippen LogP contribution in [0.2, 0.25) is 0 Å². The lowest BCUT2D eigenvalue weighted by atomic mass is 10.1. The molecule has 0 aliphatic carbocycles. The number of rotatable bonds is 7. The molecule has 0 amide bonds. The number of hydrogen-bond donors (Lipinski definition) is 1. The first-order valence-corrected chi connectivity index (χ1v) is 7.80. The van der Waals surface area contributed by atoms with Crippen LogP contribution in [0.5, 0.6) is 5.75 Å². The summed E-state index contributed by atoms with van der Waals surface area (Å²) in [6.45, 7) is 0. The van der Waals surface area contributed by atoms with Crippen molar-refractivity contribution in [3.05, 3.63) is 54.3 Å². The maximum atomic E-state index is 12.0. The Balaban J connectivity index is 1.65. The second kappa shape index (κ2) is 7.14. The fourth-order valence-corrected chi connectivity index (χ4v) is 2.85. The summed E-state index contributed by atoms with van der Waals surface area (Å²) in [5, 5.41) is 6.64. The molecule has 1 N–H and O–H groups in total. The van der Waals surface area contributed by atoms with Gasteiger partial charge >= 0.3 is 0 Å². The zero-order valence-corrected chi connectivity index (χ0v) is 13.5. The van der Waals surface area contributed by atoms with Crippen molar-refractivity contribution in [1.29, 1.82) is 0 Å². The molecule has 0 saturated carbocycles. The van der Waals surface area contributed by atoms with Crippen molar-refractivity contribution >= 4 is 23.3 Å². The molecule has 24 heavy (non-hydrogen) atoms. The maximum absolute atomic E-state index is 12.0. The SMILES string of the molecule is COc1cccc(Sc2cc(CC(=O)C(=O)c3nc[nH]n3)co2)c1. The van der Waals surface area contributed by atoms with Crippen LogP contribution in [-0.2, 0) is 11.2 Å². The molecule has 3 aromatic rings. The van der Waals surface area contributed by atoms with Crippen molar-refractivity contribution in [1.82, 2.24) is 15.2 Å². The maximum Gasteiger partial charge on any atom is 0.267 e. The molecule has 0 spiro atoms. The first-order valence-electron chi connectivity index (χ1n) is 6.98. The van der Waals surface area contributed by atoms with Gasteiger partial charge in [-0.2, -0.15) is 0 Å². The fraction of sp³-hybridized carbons (Fsp3) is 0.125. The monoisotopic (exact) mass is 343 g/mol. The summed E-state index contributed by atoms with van der Waals surface area (Å²) >= 11 is 1.40. The number of furan rings is 1. The van der Waals surface area contributed by atoms with E-state index in [0.29, 0.717) is 10.7 Å². The van der Waals surface area contributed by atoms with Crippen molar-refractivity contribution in [2.45, 2.75) is 16.4 Å². The smallest absolute Gasteiger partial charge is 0.267 e. The number of Topliss-reactive ketones (excluding diaryl/α,β-unsaturated/α-hetero) is 2. The van der Waals surface area contributed by atoms with Gasteiger partial charge in [0.1, 0.15) is 12.1 Å². The van der Waals surface area contributed by atoms with Crippen LogP contribution in [0, 0.1) is 0 Å². The lowest BCUT2D eigenvalue weighted by molar-refractivity contribution is -0.114. The first-order chi connectivity index (χ1) is 11.7. The Morgan fingerprint density at radius 1 is 1.33 bits per heavy atom. The number of H-pyrrole nitrogens is 1. The fourth-order valence-electron chi connectivity index (χ4n) is 1.99. The molecule has 0 unspecified atom stereocenters. The van der Waals surface area contributed by atoms with Crippen molar-refractivity contribution in [2.75, 3.05) is 7.11 Å². The van der Waals surface area contributed by atoms with E-state index in [1.807, 2.05) is 24.3 Å². The summed E-state index contributed by atoms with van der Waals surface area (Å²) in [6.07, 6.45) is 2.66. The van der Waals surface area contributed by atoms with E-state index in [1.165, 1.54) is 24.4 Å². The molecule has 8 heteroatoms. The highest BCUT2D eigenvalue weighted by Gasteiger charge is 2.20. The largest absolute Gasteiger partial charge is 0.497 e. The minimum absolute atomic E-state index is 0.0600. The lowest BCUT2D eigenvalue weighted by Crippen LogP contribution is -2.17. The minimum Gasteiger partial charge on any atom is -0.497 e. The highest BCUT2D eigenvalue weighted by molar-refractivity contribution is 7.99. The van der Waals surface area contributed by atoms with Crippen LogP contribution in [-0.4, -0.2) is 33.9 Å². The van der Waals surface area contributed by atoms with Gasteiger partial charge in [-0.05, 0) is 29.8 Å². The van der Waals surface area contributed by atoms with Crippen molar-refractivity contribution in [3.8, 4) is 5.75 Å². The van der Waals surface area contributed by atoms with Crippen LogP contribution in [0.25, 0.3) is 0 Å². The van der Waals surface area contributed by atoms with E-state index >= 15 is 0 Å². The lowest BCUT2D eigenvalue weighted by Gasteiger charge is -2.01. The van der Waals surface area contributed by atoms with Crippen LogP contribution in [0.4, 0.5) is 0 Å². The molecule has 1 aromatic carbocycles. The molecule has 0 atom stereocenters. The van der Waals surface area contributed by atoms with Crippen LogP contribution < -0.4 is 4.74 Å². The third-order valence-corrected chi connectivity index (χ3v) is 4.03. The molecular formula is C16H13N3O4S. The number of carbonyl (C=O) groups excluding carboxylic acids is 2. The van der Waals surface area contributed by atoms with E-state index in [4.69, 9.17) is 9.15 Å². The third kappa shape index (κ3) is 3.72. The van der Waals surface area contributed by atoms with Crippen molar-refractivity contribution in [2.24, 2.45) is 0 Å². The first kappa shape index (κ1) is 16.0. The third-order valence-electron chi connectivity index (χ3n) is 3.13. The van der Waals surface area contributed by atoms with Gasteiger partial charge in [-0.15, -0.1) is 5.10 Å². The Labute approximate surface area is 141 Å². The summed E-state index contributed by atoms with van der Waals surface area (Å²) in [5.74, 6) is -0.693. The van der Waals surface area contributed by atoms with Crippen LogP contribution in [0.1, 0.15) is 16.2 Å². The summed E-state index contributed by atoms with van der Waals surface area (Å²) < 4.78 is 10.6. The Morgan fingerprint density at radius 2 is 2.21 bits per heavy atom. The molecule has 122 valence electrons. The van der Waals surface area contributed by atoms with E-state index in [9.17, 15) is 9.59 Å². The number of ether oxygens (including phenoxy) is 1. The van der Waals surface area contributed by atoms with Crippen molar-refractivity contribution < 1.29 is 18.7 Å². The van der Waals surface area contributed by atoms with Crippen molar-refractivity contribution in [3.63, 3.8) is 0 Å². The second-order valence-corrected chi connectivity index (χ2v) is 5.88. The molecular weight excluding hydrogens is 330 g/mol. The molecule has 0 aliphatic heterocycles. The number of nitrogens with zero attached hydrogens (tertiary/aromatic N) is 2. The molecule has 0 radical (unpaired) electrons. The number of aromatic nitrogens is 3. The highest BCUT2D eigenvalue weighted by Crippen LogP contribution is 2.31. The number of carbonyl (C=O) groups is 2. The Kier molecular flexibility index (Phi) is 4.76. The molecule has 2 heterocycles. The Hall–Kier alpha value is -2.87. The van der Waals surface area contributed by atoms with E-state index < -0.39 is 11.6 Å².